The van der Waals surface area contributed by atoms with Crippen molar-refractivity contribution < 1.29 is 19.8 Å². The molecule has 0 saturated heterocycles. The van der Waals surface area contributed by atoms with Crippen molar-refractivity contribution in [2.24, 2.45) is 0 Å². The third kappa shape index (κ3) is 2.98. The van der Waals surface area contributed by atoms with Crippen LogP contribution in [0.4, 0.5) is 0 Å². The van der Waals surface area contributed by atoms with Gasteiger partial charge in [0.1, 0.15) is 5.75 Å². The average Bonchev–Trinajstić information content (AvgIpc) is 2.40. The second kappa shape index (κ2) is 5.35. The van der Waals surface area contributed by atoms with Gasteiger partial charge in [-0.1, -0.05) is 36.4 Å². The van der Waals surface area contributed by atoms with Crippen molar-refractivity contribution in [2.45, 2.75) is 6.42 Å². The first-order valence-electron chi connectivity index (χ1n) is 5.71. The van der Waals surface area contributed by atoms with Crippen LogP contribution in [0.5, 0.6) is 5.75 Å². The van der Waals surface area contributed by atoms with Crippen molar-refractivity contribution >= 4 is 11.8 Å². The molecule has 4 nitrogen and oxygen atoms in total. The van der Waals surface area contributed by atoms with E-state index >= 15 is 0 Å². The Labute approximate surface area is 109 Å². The van der Waals surface area contributed by atoms with Crippen molar-refractivity contribution in [1.82, 2.24) is 0 Å². The summed E-state index contributed by atoms with van der Waals surface area (Å²) >= 11 is 0. The lowest BCUT2D eigenvalue weighted by molar-refractivity contribution is -0.136. The fourth-order valence-corrected chi connectivity index (χ4v) is 1.84. The van der Waals surface area contributed by atoms with E-state index in [0.717, 1.165) is 0 Å². The molecule has 0 unspecified atom stereocenters. The van der Waals surface area contributed by atoms with Gasteiger partial charge in [-0.3, -0.25) is 9.59 Å². The largest absolute Gasteiger partial charge is 0.508 e. The normalized spacial score (nSPS) is 10.1. The number of hydrogen-bond donors (Lipinski definition) is 2. The summed E-state index contributed by atoms with van der Waals surface area (Å²) in [6, 6.07) is 12.7. The SMILES string of the molecule is O=C(O)Cc1ccc(O)cc1C(=O)c1ccccc1. The van der Waals surface area contributed by atoms with Gasteiger partial charge in [-0.05, 0) is 17.7 Å². The van der Waals surface area contributed by atoms with Gasteiger partial charge < -0.3 is 10.2 Å². The molecular formula is C15H12O4. The molecule has 0 fully saturated rings. The Morgan fingerprint density at radius 3 is 2.32 bits per heavy atom. The minimum atomic E-state index is -1.02. The number of phenols is 1. The van der Waals surface area contributed by atoms with Gasteiger partial charge in [0.05, 0.1) is 6.42 Å². The molecule has 0 saturated carbocycles. The number of carbonyl (C=O) groups excluding carboxylic acids is 1. The van der Waals surface area contributed by atoms with Crippen LogP contribution in [-0.2, 0) is 11.2 Å². The second-order valence-corrected chi connectivity index (χ2v) is 4.11. The van der Waals surface area contributed by atoms with E-state index in [0.29, 0.717) is 11.1 Å². The van der Waals surface area contributed by atoms with E-state index in [2.05, 4.69) is 0 Å². The molecule has 0 atom stereocenters. The molecule has 2 N–H and O–H groups in total. The van der Waals surface area contributed by atoms with Gasteiger partial charge in [-0.25, -0.2) is 0 Å². The zero-order chi connectivity index (χ0) is 13.8. The highest BCUT2D eigenvalue weighted by molar-refractivity contribution is 6.10. The Morgan fingerprint density at radius 1 is 1.00 bits per heavy atom. The fourth-order valence-electron chi connectivity index (χ4n) is 1.84. The van der Waals surface area contributed by atoms with E-state index < -0.39 is 5.97 Å². The first-order chi connectivity index (χ1) is 9.08. The minimum absolute atomic E-state index is 0.0616. The molecule has 2 aromatic carbocycles. The predicted molar refractivity (Wildman–Crippen MR) is 69.3 cm³/mol. The van der Waals surface area contributed by atoms with Crippen molar-refractivity contribution in [3.63, 3.8) is 0 Å². The Bertz CT molecular complexity index is 617. The average molecular weight is 256 g/mol. The van der Waals surface area contributed by atoms with E-state index in [1.807, 2.05) is 0 Å². The molecule has 0 heterocycles. The monoisotopic (exact) mass is 256 g/mol. The van der Waals surface area contributed by atoms with Crippen LogP contribution >= 0.6 is 0 Å². The summed E-state index contributed by atoms with van der Waals surface area (Å²) in [6.45, 7) is 0. The highest BCUT2D eigenvalue weighted by Crippen LogP contribution is 2.20. The fraction of sp³-hybridized carbons (Fsp3) is 0.0667. The number of benzene rings is 2. The number of hydrogen-bond acceptors (Lipinski definition) is 3. The summed E-state index contributed by atoms with van der Waals surface area (Å²) in [4.78, 5) is 23.1. The Morgan fingerprint density at radius 2 is 1.68 bits per heavy atom. The maximum Gasteiger partial charge on any atom is 0.307 e. The lowest BCUT2D eigenvalue weighted by Gasteiger charge is -2.07. The molecule has 0 spiro atoms. The molecule has 2 rings (SSSR count). The van der Waals surface area contributed by atoms with Crippen LogP contribution in [0.3, 0.4) is 0 Å². The van der Waals surface area contributed by atoms with Gasteiger partial charge >= 0.3 is 5.97 Å². The number of rotatable bonds is 4. The highest BCUT2D eigenvalue weighted by atomic mass is 16.4. The van der Waals surface area contributed by atoms with E-state index in [9.17, 15) is 14.7 Å². The van der Waals surface area contributed by atoms with Crippen LogP contribution in [0.2, 0.25) is 0 Å². The number of carbonyl (C=O) groups is 2. The standard InChI is InChI=1S/C15H12O4/c16-12-7-6-11(8-14(17)18)13(9-12)15(19)10-4-2-1-3-5-10/h1-7,9,16H,8H2,(H,17,18). The first-order valence-corrected chi connectivity index (χ1v) is 5.71. The van der Waals surface area contributed by atoms with E-state index in [-0.39, 0.29) is 23.5 Å². The lowest BCUT2D eigenvalue weighted by atomic mass is 9.96. The van der Waals surface area contributed by atoms with Crippen LogP contribution in [0, 0.1) is 0 Å². The van der Waals surface area contributed by atoms with E-state index in [1.54, 1.807) is 30.3 Å². The van der Waals surface area contributed by atoms with Gasteiger partial charge in [0.15, 0.2) is 5.78 Å². The van der Waals surface area contributed by atoms with Gasteiger partial charge in [-0.2, -0.15) is 0 Å². The molecule has 0 aliphatic rings. The third-order valence-electron chi connectivity index (χ3n) is 2.72. The zero-order valence-corrected chi connectivity index (χ0v) is 10.0. The number of aliphatic carboxylic acids is 1. The molecule has 4 heteroatoms. The Kier molecular flexibility index (Phi) is 3.61. The highest BCUT2D eigenvalue weighted by Gasteiger charge is 2.16. The maximum absolute atomic E-state index is 12.3. The molecule has 2 aromatic rings. The summed E-state index contributed by atoms with van der Waals surface area (Å²) in [5.74, 6) is -1.38. The van der Waals surface area contributed by atoms with Crippen molar-refractivity contribution in [3.8, 4) is 5.75 Å². The van der Waals surface area contributed by atoms with Crippen molar-refractivity contribution in [3.05, 3.63) is 65.2 Å². The number of phenolic OH excluding ortho intramolecular Hbond substituents is 1. The minimum Gasteiger partial charge on any atom is -0.508 e. The third-order valence-corrected chi connectivity index (χ3v) is 2.72. The van der Waals surface area contributed by atoms with Crippen molar-refractivity contribution in [2.75, 3.05) is 0 Å². The van der Waals surface area contributed by atoms with Crippen LogP contribution in [0.1, 0.15) is 21.5 Å². The summed E-state index contributed by atoms with van der Waals surface area (Å²) in [5, 5.41) is 18.3. The van der Waals surface area contributed by atoms with Gasteiger partial charge in [0, 0.05) is 11.1 Å². The smallest absolute Gasteiger partial charge is 0.307 e. The number of aromatic hydroxyl groups is 1. The summed E-state index contributed by atoms with van der Waals surface area (Å²) in [7, 11) is 0. The summed E-state index contributed by atoms with van der Waals surface area (Å²) < 4.78 is 0. The Balaban J connectivity index is 2.45. The quantitative estimate of drug-likeness (QED) is 0.823. The number of carboxylic acid groups (broad SMARTS) is 1. The molecule has 19 heavy (non-hydrogen) atoms. The topological polar surface area (TPSA) is 74.6 Å². The van der Waals surface area contributed by atoms with Crippen LogP contribution < -0.4 is 0 Å². The molecule has 0 aromatic heterocycles. The molecule has 96 valence electrons. The molecule has 0 aliphatic heterocycles. The van der Waals surface area contributed by atoms with Gasteiger partial charge in [0.25, 0.3) is 0 Å². The molecule has 0 aliphatic carbocycles. The number of carboxylic acids is 1. The first kappa shape index (κ1) is 12.8. The molecule has 0 radical (unpaired) electrons. The summed E-state index contributed by atoms with van der Waals surface area (Å²) in [5.41, 5.74) is 1.06. The van der Waals surface area contributed by atoms with Gasteiger partial charge in [0.2, 0.25) is 0 Å². The van der Waals surface area contributed by atoms with Crippen LogP contribution in [-0.4, -0.2) is 22.0 Å². The molecule has 0 amide bonds. The van der Waals surface area contributed by atoms with Gasteiger partial charge in [-0.15, -0.1) is 0 Å². The zero-order valence-electron chi connectivity index (χ0n) is 10.0. The predicted octanol–water partition coefficient (Wildman–Crippen LogP) is 2.25. The molecule has 0 bridgehead atoms. The summed E-state index contributed by atoms with van der Waals surface area (Å²) in [6.07, 6.45) is -0.256. The molecular weight excluding hydrogens is 244 g/mol. The van der Waals surface area contributed by atoms with Crippen LogP contribution in [0.15, 0.2) is 48.5 Å². The van der Waals surface area contributed by atoms with Crippen LogP contribution in [0.25, 0.3) is 0 Å². The van der Waals surface area contributed by atoms with E-state index in [1.165, 1.54) is 18.2 Å². The lowest BCUT2D eigenvalue weighted by Crippen LogP contribution is -2.09. The van der Waals surface area contributed by atoms with Crippen molar-refractivity contribution in [1.29, 1.82) is 0 Å². The number of ketones is 1. The second-order valence-electron chi connectivity index (χ2n) is 4.11. The maximum atomic E-state index is 12.3. The Hall–Kier alpha value is -2.62. The van der Waals surface area contributed by atoms with E-state index in [4.69, 9.17) is 5.11 Å².